The highest BCUT2D eigenvalue weighted by Crippen LogP contribution is 2.24. The van der Waals surface area contributed by atoms with Gasteiger partial charge in [0.1, 0.15) is 0 Å². The lowest BCUT2D eigenvalue weighted by molar-refractivity contribution is -0.127. The van der Waals surface area contributed by atoms with E-state index in [1.807, 2.05) is 6.07 Å². The van der Waals surface area contributed by atoms with Crippen LogP contribution in [0.5, 0.6) is 0 Å². The van der Waals surface area contributed by atoms with E-state index in [-0.39, 0.29) is 30.6 Å². The lowest BCUT2D eigenvalue weighted by atomic mass is 10.0. The number of amides is 1. The molecule has 1 amide bonds. The van der Waals surface area contributed by atoms with Crippen LogP contribution in [0.15, 0.2) is 24.3 Å². The molecule has 0 aromatic heterocycles. The summed E-state index contributed by atoms with van der Waals surface area (Å²) in [4.78, 5) is 26.3. The van der Waals surface area contributed by atoms with Crippen molar-refractivity contribution in [3.8, 4) is 0 Å². The molecule has 24 heavy (non-hydrogen) atoms. The summed E-state index contributed by atoms with van der Waals surface area (Å²) < 4.78 is 11.3. The van der Waals surface area contributed by atoms with Gasteiger partial charge in [-0.25, -0.2) is 0 Å². The first-order valence-corrected chi connectivity index (χ1v) is 8.52. The quantitative estimate of drug-likeness (QED) is 0.836. The first-order chi connectivity index (χ1) is 11.6. The van der Waals surface area contributed by atoms with Crippen molar-refractivity contribution >= 4 is 17.4 Å². The summed E-state index contributed by atoms with van der Waals surface area (Å²) in [6, 6.07) is 7.20. The van der Waals surface area contributed by atoms with Crippen molar-refractivity contribution in [1.82, 2.24) is 4.90 Å². The average Bonchev–Trinajstić information content (AvgIpc) is 3.10. The molecule has 2 saturated heterocycles. The maximum Gasteiger partial charge on any atom is 0.238 e. The van der Waals surface area contributed by atoms with Crippen molar-refractivity contribution in [3.63, 3.8) is 0 Å². The Morgan fingerprint density at radius 1 is 1.21 bits per heavy atom. The van der Waals surface area contributed by atoms with E-state index in [9.17, 15) is 9.59 Å². The van der Waals surface area contributed by atoms with Crippen LogP contribution in [0.2, 0.25) is 0 Å². The van der Waals surface area contributed by atoms with E-state index in [0.29, 0.717) is 24.5 Å². The number of nitrogens with one attached hydrogen (secondary N) is 1. The molecule has 6 heteroatoms. The van der Waals surface area contributed by atoms with Gasteiger partial charge >= 0.3 is 0 Å². The van der Waals surface area contributed by atoms with Crippen LogP contribution in [0.1, 0.15) is 36.5 Å². The van der Waals surface area contributed by atoms with Crippen LogP contribution in [0.4, 0.5) is 5.69 Å². The van der Waals surface area contributed by atoms with Crippen LogP contribution in [-0.4, -0.2) is 55.2 Å². The van der Waals surface area contributed by atoms with Crippen molar-refractivity contribution in [2.75, 3.05) is 31.6 Å². The first-order valence-electron chi connectivity index (χ1n) is 8.52. The third-order valence-corrected chi connectivity index (χ3v) is 4.55. The summed E-state index contributed by atoms with van der Waals surface area (Å²) >= 11 is 0. The SMILES string of the molecule is CC(=O)c1ccccc1NC(=O)CN1CCCCC1C1OCCO1. The van der Waals surface area contributed by atoms with Gasteiger partial charge in [0.25, 0.3) is 0 Å². The second-order valence-corrected chi connectivity index (χ2v) is 6.29. The van der Waals surface area contributed by atoms with E-state index in [4.69, 9.17) is 9.47 Å². The fraction of sp³-hybridized carbons (Fsp3) is 0.556. The lowest BCUT2D eigenvalue weighted by Gasteiger charge is -2.37. The Bertz CT molecular complexity index is 598. The molecule has 1 atom stereocenters. The molecule has 2 fully saturated rings. The Morgan fingerprint density at radius 2 is 1.96 bits per heavy atom. The van der Waals surface area contributed by atoms with E-state index >= 15 is 0 Å². The number of carbonyl (C=O) groups is 2. The predicted octanol–water partition coefficient (Wildman–Crippen LogP) is 2.06. The number of carbonyl (C=O) groups excluding carboxylic acids is 2. The number of hydrogen-bond donors (Lipinski definition) is 1. The van der Waals surface area contributed by atoms with Gasteiger partial charge in [-0.2, -0.15) is 0 Å². The van der Waals surface area contributed by atoms with Crippen molar-refractivity contribution in [2.45, 2.75) is 38.5 Å². The summed E-state index contributed by atoms with van der Waals surface area (Å²) in [6.45, 7) is 3.87. The molecule has 2 aliphatic heterocycles. The first kappa shape index (κ1) is 17.1. The zero-order valence-corrected chi connectivity index (χ0v) is 14.0. The Hall–Kier alpha value is -1.76. The predicted molar refractivity (Wildman–Crippen MR) is 90.0 cm³/mol. The van der Waals surface area contributed by atoms with Gasteiger partial charge in [-0.1, -0.05) is 18.6 Å². The number of rotatable bonds is 5. The molecule has 2 heterocycles. The van der Waals surface area contributed by atoms with Gasteiger partial charge in [0.05, 0.1) is 31.5 Å². The smallest absolute Gasteiger partial charge is 0.238 e. The largest absolute Gasteiger partial charge is 0.349 e. The van der Waals surface area contributed by atoms with Crippen LogP contribution >= 0.6 is 0 Å². The summed E-state index contributed by atoms with van der Waals surface area (Å²) in [5.74, 6) is -0.178. The minimum atomic E-state index is -0.234. The van der Waals surface area contributed by atoms with Crippen LogP contribution in [0, 0.1) is 0 Å². The second-order valence-electron chi connectivity index (χ2n) is 6.29. The van der Waals surface area contributed by atoms with E-state index in [1.165, 1.54) is 6.92 Å². The van der Waals surface area contributed by atoms with Gasteiger partial charge in [-0.15, -0.1) is 0 Å². The van der Waals surface area contributed by atoms with E-state index < -0.39 is 0 Å². The molecule has 0 spiro atoms. The van der Waals surface area contributed by atoms with Crippen molar-refractivity contribution < 1.29 is 19.1 Å². The van der Waals surface area contributed by atoms with E-state index in [0.717, 1.165) is 25.8 Å². The third-order valence-electron chi connectivity index (χ3n) is 4.55. The topological polar surface area (TPSA) is 67.9 Å². The number of anilines is 1. The molecule has 0 bridgehead atoms. The number of benzene rings is 1. The molecule has 0 saturated carbocycles. The van der Waals surface area contributed by atoms with Crippen LogP contribution in [0.25, 0.3) is 0 Å². The highest BCUT2D eigenvalue weighted by molar-refractivity contribution is 6.04. The van der Waals surface area contributed by atoms with Gasteiger partial charge in [0.15, 0.2) is 12.1 Å². The number of hydrogen-bond acceptors (Lipinski definition) is 5. The van der Waals surface area contributed by atoms with Crippen LogP contribution in [0.3, 0.4) is 0 Å². The molecule has 1 aromatic rings. The van der Waals surface area contributed by atoms with Gasteiger partial charge < -0.3 is 14.8 Å². The molecule has 0 radical (unpaired) electrons. The molecule has 2 aliphatic rings. The number of ether oxygens (including phenoxy) is 2. The number of likely N-dealkylation sites (tertiary alicyclic amines) is 1. The van der Waals surface area contributed by atoms with E-state index in [1.54, 1.807) is 18.2 Å². The zero-order chi connectivity index (χ0) is 16.9. The Morgan fingerprint density at radius 3 is 2.71 bits per heavy atom. The summed E-state index contributed by atoms with van der Waals surface area (Å²) in [5.41, 5.74) is 1.10. The minimum absolute atomic E-state index is 0.0606. The molecule has 0 aliphatic carbocycles. The maximum absolute atomic E-state index is 12.5. The molecule has 1 N–H and O–H groups in total. The number of piperidine rings is 1. The lowest BCUT2D eigenvalue weighted by Crippen LogP contribution is -2.50. The Kier molecular flexibility index (Phi) is 5.60. The molecule has 1 unspecified atom stereocenters. The fourth-order valence-corrected chi connectivity index (χ4v) is 3.39. The molecule has 130 valence electrons. The number of para-hydroxylation sites is 1. The normalized spacial score (nSPS) is 22.5. The van der Waals surface area contributed by atoms with Crippen LogP contribution < -0.4 is 5.32 Å². The standard InChI is InChI=1S/C18H24N2O4/c1-13(21)14-6-2-3-7-15(14)19-17(22)12-20-9-5-4-8-16(20)18-23-10-11-24-18/h2-3,6-7,16,18H,4-5,8-12H2,1H3,(H,19,22). The van der Waals surface area contributed by atoms with Crippen molar-refractivity contribution in [1.29, 1.82) is 0 Å². The van der Waals surface area contributed by atoms with Crippen molar-refractivity contribution in [2.24, 2.45) is 0 Å². The minimum Gasteiger partial charge on any atom is -0.349 e. The number of nitrogens with zero attached hydrogens (tertiary/aromatic N) is 1. The highest BCUT2D eigenvalue weighted by Gasteiger charge is 2.34. The zero-order valence-electron chi connectivity index (χ0n) is 14.0. The molecule has 3 rings (SSSR count). The highest BCUT2D eigenvalue weighted by atomic mass is 16.7. The number of Topliss-reactive ketones (excluding diaryl/α,β-unsaturated/α-hetero) is 1. The molecule has 6 nitrogen and oxygen atoms in total. The van der Waals surface area contributed by atoms with Crippen molar-refractivity contribution in [3.05, 3.63) is 29.8 Å². The fourth-order valence-electron chi connectivity index (χ4n) is 3.39. The van der Waals surface area contributed by atoms with E-state index in [2.05, 4.69) is 10.2 Å². The van der Waals surface area contributed by atoms with Gasteiger partial charge in [-0.3, -0.25) is 14.5 Å². The summed E-state index contributed by atoms with van der Waals surface area (Å²) in [7, 11) is 0. The second kappa shape index (κ2) is 7.88. The molecular formula is C18H24N2O4. The third kappa shape index (κ3) is 4.01. The van der Waals surface area contributed by atoms with Gasteiger partial charge in [0.2, 0.25) is 5.91 Å². The van der Waals surface area contributed by atoms with Gasteiger partial charge in [-0.05, 0) is 38.4 Å². The Balaban J connectivity index is 1.64. The maximum atomic E-state index is 12.5. The average molecular weight is 332 g/mol. The molecule has 1 aromatic carbocycles. The monoisotopic (exact) mass is 332 g/mol. The number of ketones is 1. The van der Waals surface area contributed by atoms with Crippen LogP contribution in [-0.2, 0) is 14.3 Å². The Labute approximate surface area is 142 Å². The summed E-state index contributed by atoms with van der Waals surface area (Å²) in [6.07, 6.45) is 2.93. The van der Waals surface area contributed by atoms with Gasteiger partial charge in [0, 0.05) is 5.56 Å². The summed E-state index contributed by atoms with van der Waals surface area (Å²) in [5, 5.41) is 2.87. The molecular weight excluding hydrogens is 308 g/mol.